The third-order valence-electron chi connectivity index (χ3n) is 4.49. The summed E-state index contributed by atoms with van der Waals surface area (Å²) < 4.78 is 4.94. The number of rotatable bonds is 6. The van der Waals surface area contributed by atoms with Crippen molar-refractivity contribution in [1.29, 1.82) is 0 Å². The molecule has 1 heterocycles. The van der Waals surface area contributed by atoms with Crippen molar-refractivity contribution in [2.45, 2.75) is 22.3 Å². The van der Waals surface area contributed by atoms with Gasteiger partial charge in [0.05, 0.1) is 0 Å². The highest BCUT2D eigenvalue weighted by atomic mass is 35.5. The van der Waals surface area contributed by atoms with Crippen LogP contribution in [0.25, 0.3) is 0 Å². The zero-order valence-corrected chi connectivity index (χ0v) is 18.4. The predicted octanol–water partition coefficient (Wildman–Crippen LogP) is 6.45. The SMILES string of the molecule is Cc1ccc(SC2(Cc3cccc(Oc4cccc(Cl)c4)c3)SC(=O)NC2=O)cc1. The van der Waals surface area contributed by atoms with Gasteiger partial charge in [0.15, 0.2) is 4.08 Å². The molecule has 7 heteroatoms. The van der Waals surface area contributed by atoms with Gasteiger partial charge in [0, 0.05) is 16.3 Å². The average Bonchev–Trinajstić information content (AvgIpc) is 2.96. The van der Waals surface area contributed by atoms with Gasteiger partial charge in [0.2, 0.25) is 0 Å². The van der Waals surface area contributed by atoms with Gasteiger partial charge in [0.25, 0.3) is 11.1 Å². The molecule has 1 atom stereocenters. The second kappa shape index (κ2) is 8.76. The van der Waals surface area contributed by atoms with Crippen LogP contribution in [-0.2, 0) is 11.2 Å². The number of aryl methyl sites for hydroxylation is 1. The number of amides is 2. The van der Waals surface area contributed by atoms with E-state index in [1.807, 2.05) is 67.6 Å². The first-order chi connectivity index (χ1) is 14.4. The fourth-order valence-corrected chi connectivity index (χ4v) is 5.80. The summed E-state index contributed by atoms with van der Waals surface area (Å²) in [6.07, 6.45) is 0.376. The van der Waals surface area contributed by atoms with Crippen LogP contribution < -0.4 is 10.1 Å². The lowest BCUT2D eigenvalue weighted by Crippen LogP contribution is -2.35. The van der Waals surface area contributed by atoms with Crippen molar-refractivity contribution in [2.24, 2.45) is 0 Å². The van der Waals surface area contributed by atoms with Crippen molar-refractivity contribution in [1.82, 2.24) is 5.32 Å². The third kappa shape index (κ3) is 4.83. The summed E-state index contributed by atoms with van der Waals surface area (Å²) >= 11 is 8.46. The maximum atomic E-state index is 12.8. The van der Waals surface area contributed by atoms with Gasteiger partial charge in [-0.15, -0.1) is 0 Å². The van der Waals surface area contributed by atoms with Crippen LogP contribution in [0, 0.1) is 6.92 Å². The van der Waals surface area contributed by atoms with E-state index in [0.717, 1.165) is 27.8 Å². The maximum absolute atomic E-state index is 12.8. The summed E-state index contributed by atoms with van der Waals surface area (Å²) in [6, 6.07) is 22.6. The number of carbonyl (C=O) groups is 2. The predicted molar refractivity (Wildman–Crippen MR) is 123 cm³/mol. The molecular weight excluding hydrogens is 438 g/mol. The van der Waals surface area contributed by atoms with E-state index < -0.39 is 4.08 Å². The lowest BCUT2D eigenvalue weighted by molar-refractivity contribution is -0.119. The van der Waals surface area contributed by atoms with Crippen LogP contribution in [-0.4, -0.2) is 15.2 Å². The van der Waals surface area contributed by atoms with E-state index >= 15 is 0 Å². The van der Waals surface area contributed by atoms with Crippen molar-refractivity contribution < 1.29 is 14.3 Å². The van der Waals surface area contributed by atoms with Crippen LogP contribution in [0.3, 0.4) is 0 Å². The maximum Gasteiger partial charge on any atom is 0.287 e. The Morgan fingerprint density at radius 1 is 1.00 bits per heavy atom. The number of imide groups is 1. The quantitative estimate of drug-likeness (QED) is 0.462. The van der Waals surface area contributed by atoms with E-state index in [1.54, 1.807) is 12.1 Å². The molecule has 0 saturated carbocycles. The number of nitrogens with one attached hydrogen (secondary N) is 1. The fourth-order valence-electron chi connectivity index (χ4n) is 3.08. The lowest BCUT2D eigenvalue weighted by Gasteiger charge is -2.24. The van der Waals surface area contributed by atoms with Crippen LogP contribution in [0.15, 0.2) is 77.7 Å². The Hall–Kier alpha value is -2.41. The molecule has 4 nitrogen and oxygen atoms in total. The molecule has 0 aliphatic carbocycles. The Kier molecular flexibility index (Phi) is 6.09. The second-order valence-electron chi connectivity index (χ2n) is 6.90. The van der Waals surface area contributed by atoms with Crippen LogP contribution >= 0.6 is 35.1 Å². The minimum absolute atomic E-state index is 0.288. The molecule has 3 aromatic rings. The molecule has 0 radical (unpaired) electrons. The average molecular weight is 456 g/mol. The highest BCUT2D eigenvalue weighted by molar-refractivity contribution is 8.27. The first-order valence-corrected chi connectivity index (χ1v) is 11.3. The molecule has 0 bridgehead atoms. The van der Waals surface area contributed by atoms with E-state index in [9.17, 15) is 9.59 Å². The van der Waals surface area contributed by atoms with E-state index in [2.05, 4.69) is 5.32 Å². The van der Waals surface area contributed by atoms with Gasteiger partial charge in [-0.25, -0.2) is 0 Å². The molecule has 1 unspecified atom stereocenters. The number of hydrogen-bond acceptors (Lipinski definition) is 5. The van der Waals surface area contributed by atoms with Gasteiger partial charge in [-0.05, 0) is 66.7 Å². The smallest absolute Gasteiger partial charge is 0.287 e. The van der Waals surface area contributed by atoms with Crippen LogP contribution in [0.5, 0.6) is 11.5 Å². The minimum Gasteiger partial charge on any atom is -0.457 e. The molecule has 4 rings (SSSR count). The van der Waals surface area contributed by atoms with Crippen molar-refractivity contribution >= 4 is 46.3 Å². The summed E-state index contributed by atoms with van der Waals surface area (Å²) in [4.78, 5) is 25.7. The normalized spacial score (nSPS) is 18.3. The number of thioether (sulfide) groups is 2. The molecule has 1 aliphatic heterocycles. The topological polar surface area (TPSA) is 55.4 Å². The van der Waals surface area contributed by atoms with Gasteiger partial charge in [0.1, 0.15) is 11.5 Å². The first-order valence-electron chi connectivity index (χ1n) is 9.24. The van der Waals surface area contributed by atoms with E-state index in [-0.39, 0.29) is 11.1 Å². The minimum atomic E-state index is -0.971. The summed E-state index contributed by atoms with van der Waals surface area (Å²) in [7, 11) is 0. The molecule has 30 heavy (non-hydrogen) atoms. The zero-order valence-electron chi connectivity index (χ0n) is 16.1. The summed E-state index contributed by atoms with van der Waals surface area (Å²) in [5.74, 6) is 0.982. The number of ether oxygens (including phenoxy) is 1. The van der Waals surface area contributed by atoms with E-state index in [1.165, 1.54) is 11.8 Å². The molecule has 152 valence electrons. The fraction of sp³-hybridized carbons (Fsp3) is 0.130. The Bertz CT molecular complexity index is 1100. The molecular formula is C23H18ClNO3S2. The van der Waals surface area contributed by atoms with Gasteiger partial charge < -0.3 is 4.74 Å². The number of halogens is 1. The van der Waals surface area contributed by atoms with Crippen molar-refractivity contribution in [2.75, 3.05) is 0 Å². The Labute approximate surface area is 188 Å². The van der Waals surface area contributed by atoms with E-state index in [4.69, 9.17) is 16.3 Å². The Balaban J connectivity index is 1.59. The van der Waals surface area contributed by atoms with E-state index in [0.29, 0.717) is 22.9 Å². The second-order valence-corrected chi connectivity index (χ2v) is 10.2. The zero-order chi connectivity index (χ0) is 21.1. The molecule has 1 fully saturated rings. The van der Waals surface area contributed by atoms with Gasteiger partial charge in [-0.1, -0.05) is 59.3 Å². The summed E-state index contributed by atoms with van der Waals surface area (Å²) in [5.41, 5.74) is 2.03. The number of carbonyl (C=O) groups excluding carboxylic acids is 2. The highest BCUT2D eigenvalue weighted by Crippen LogP contribution is 2.48. The van der Waals surface area contributed by atoms with Crippen LogP contribution in [0.2, 0.25) is 5.02 Å². The molecule has 2 amide bonds. The van der Waals surface area contributed by atoms with Crippen molar-refractivity contribution in [3.63, 3.8) is 0 Å². The molecule has 3 aromatic carbocycles. The number of hydrogen-bond donors (Lipinski definition) is 1. The standard InChI is InChI=1S/C23H18ClNO3S2/c1-15-8-10-20(11-9-15)29-23(21(26)25-22(27)30-23)14-16-4-2-6-18(12-16)28-19-7-3-5-17(24)13-19/h2-13H,14H2,1H3,(H,25,26,27). The molecule has 0 spiro atoms. The summed E-state index contributed by atoms with van der Waals surface area (Å²) in [6.45, 7) is 2.01. The highest BCUT2D eigenvalue weighted by Gasteiger charge is 2.49. The van der Waals surface area contributed by atoms with Crippen molar-refractivity contribution in [3.05, 3.63) is 88.9 Å². The Morgan fingerprint density at radius 2 is 1.70 bits per heavy atom. The lowest BCUT2D eigenvalue weighted by atomic mass is 10.1. The third-order valence-corrected chi connectivity index (χ3v) is 7.34. The summed E-state index contributed by atoms with van der Waals surface area (Å²) in [5, 5.41) is 2.70. The van der Waals surface area contributed by atoms with Crippen molar-refractivity contribution in [3.8, 4) is 11.5 Å². The largest absolute Gasteiger partial charge is 0.457 e. The van der Waals surface area contributed by atoms with Gasteiger partial charge in [-0.3, -0.25) is 14.9 Å². The van der Waals surface area contributed by atoms with Crippen LogP contribution in [0.1, 0.15) is 11.1 Å². The molecule has 1 aliphatic rings. The molecule has 0 aromatic heterocycles. The molecule has 1 saturated heterocycles. The van der Waals surface area contributed by atoms with Gasteiger partial charge >= 0.3 is 0 Å². The van der Waals surface area contributed by atoms with Crippen LogP contribution in [0.4, 0.5) is 4.79 Å². The van der Waals surface area contributed by atoms with Gasteiger partial charge in [-0.2, -0.15) is 0 Å². The number of benzene rings is 3. The monoisotopic (exact) mass is 455 g/mol. The Morgan fingerprint density at radius 3 is 2.37 bits per heavy atom. The first kappa shape index (κ1) is 20.8. The molecule has 1 N–H and O–H groups in total.